The molecule has 146 valence electrons. The maximum absolute atomic E-state index is 10.2. The van der Waals surface area contributed by atoms with Crippen LogP contribution in [0.25, 0.3) is 0 Å². The van der Waals surface area contributed by atoms with Gasteiger partial charge in [0.15, 0.2) is 0 Å². The highest BCUT2D eigenvalue weighted by Crippen LogP contribution is 2.68. The summed E-state index contributed by atoms with van der Waals surface area (Å²) in [6, 6.07) is 0. The minimum atomic E-state index is -0.0186. The summed E-state index contributed by atoms with van der Waals surface area (Å²) in [5, 5.41) is 10.2. The predicted octanol–water partition coefficient (Wildman–Crippen LogP) is 6.06. The maximum atomic E-state index is 10.2. The molecule has 9 atom stereocenters. The monoisotopic (exact) mass is 356 g/mol. The smallest absolute Gasteiger partial charge is 0.0543 e. The lowest BCUT2D eigenvalue weighted by atomic mass is 9.44. The zero-order chi connectivity index (χ0) is 18.5. The first-order valence-corrected chi connectivity index (χ1v) is 11.5. The summed E-state index contributed by atoms with van der Waals surface area (Å²) in [5.74, 6) is 11.7. The summed E-state index contributed by atoms with van der Waals surface area (Å²) in [6.45, 7) is 9.71. The summed E-state index contributed by atoms with van der Waals surface area (Å²) in [5.41, 5.74) is 1.08. The van der Waals surface area contributed by atoms with E-state index < -0.39 is 0 Å². The average Bonchev–Trinajstić information content (AvgIpc) is 2.97. The number of hydrogen-bond acceptors (Lipinski definition) is 1. The quantitative estimate of drug-likeness (QED) is 0.597. The van der Waals surface area contributed by atoms with Crippen molar-refractivity contribution in [3.8, 4) is 11.8 Å². The largest absolute Gasteiger partial charge is 0.393 e. The van der Waals surface area contributed by atoms with Gasteiger partial charge in [0, 0.05) is 6.42 Å². The number of fused-ring (bicyclic) bond motifs is 5. The maximum Gasteiger partial charge on any atom is 0.0543 e. The van der Waals surface area contributed by atoms with Crippen LogP contribution in [0.2, 0.25) is 0 Å². The van der Waals surface area contributed by atoms with Crippen molar-refractivity contribution in [3.05, 3.63) is 0 Å². The van der Waals surface area contributed by atoms with Gasteiger partial charge in [-0.2, -0.15) is 0 Å². The molecule has 0 unspecified atom stereocenters. The van der Waals surface area contributed by atoms with Gasteiger partial charge in [0.1, 0.15) is 0 Å². The summed E-state index contributed by atoms with van der Waals surface area (Å²) in [6.07, 6.45) is 13.1. The Balaban J connectivity index is 1.55. The molecule has 0 aromatic rings. The Morgan fingerprint density at radius 2 is 1.69 bits per heavy atom. The van der Waals surface area contributed by atoms with Crippen LogP contribution in [0, 0.1) is 58.2 Å². The summed E-state index contributed by atoms with van der Waals surface area (Å²) in [7, 11) is 0. The third-order valence-electron chi connectivity index (χ3n) is 10.00. The van der Waals surface area contributed by atoms with Gasteiger partial charge in [0.05, 0.1) is 6.10 Å². The van der Waals surface area contributed by atoms with Crippen LogP contribution >= 0.6 is 0 Å². The molecule has 4 aliphatic rings. The van der Waals surface area contributed by atoms with E-state index in [1.807, 2.05) is 6.92 Å². The number of aliphatic hydroxyl groups is 1. The molecule has 0 radical (unpaired) electrons. The van der Waals surface area contributed by atoms with E-state index in [4.69, 9.17) is 0 Å². The zero-order valence-electron chi connectivity index (χ0n) is 17.6. The molecule has 4 aliphatic carbocycles. The molecule has 1 heteroatoms. The molecule has 4 saturated carbocycles. The van der Waals surface area contributed by atoms with Gasteiger partial charge in [-0.3, -0.25) is 0 Å². The highest BCUT2D eigenvalue weighted by atomic mass is 16.3. The van der Waals surface area contributed by atoms with E-state index in [2.05, 4.69) is 32.6 Å². The van der Waals surface area contributed by atoms with Crippen LogP contribution in [0.3, 0.4) is 0 Å². The van der Waals surface area contributed by atoms with Gasteiger partial charge < -0.3 is 5.11 Å². The van der Waals surface area contributed by atoms with Crippen LogP contribution in [0.1, 0.15) is 91.9 Å². The lowest BCUT2D eigenvalue weighted by Crippen LogP contribution is -2.54. The van der Waals surface area contributed by atoms with Crippen LogP contribution in [0.15, 0.2) is 0 Å². The lowest BCUT2D eigenvalue weighted by Gasteiger charge is -2.61. The SMILES string of the molecule is CC#CC[C@@H](C)[C@H]1CC[C@H]2[C@@H]3CC[C@@H]4C[C@@H](O)CC[C@]4(C)[C@H]3CC[C@]12C. The number of hydrogen-bond donors (Lipinski definition) is 1. The Kier molecular flexibility index (Phi) is 4.97. The van der Waals surface area contributed by atoms with E-state index in [9.17, 15) is 5.11 Å². The number of aliphatic hydroxyl groups excluding tert-OH is 1. The molecule has 4 rings (SSSR count). The molecule has 0 spiro atoms. The molecule has 0 aromatic carbocycles. The first-order chi connectivity index (χ1) is 12.4. The van der Waals surface area contributed by atoms with E-state index in [1.54, 1.807) is 0 Å². The Morgan fingerprint density at radius 1 is 0.962 bits per heavy atom. The van der Waals surface area contributed by atoms with Crippen molar-refractivity contribution in [2.75, 3.05) is 0 Å². The fourth-order valence-corrected chi connectivity index (χ4v) is 8.62. The zero-order valence-corrected chi connectivity index (χ0v) is 17.6. The van der Waals surface area contributed by atoms with Gasteiger partial charge in [-0.05, 0) is 111 Å². The van der Waals surface area contributed by atoms with Gasteiger partial charge in [-0.25, -0.2) is 0 Å². The van der Waals surface area contributed by atoms with E-state index in [0.717, 1.165) is 54.8 Å². The summed E-state index contributed by atoms with van der Waals surface area (Å²) >= 11 is 0. The highest BCUT2D eigenvalue weighted by Gasteiger charge is 2.60. The molecule has 1 nitrogen and oxygen atoms in total. The molecule has 0 heterocycles. The van der Waals surface area contributed by atoms with Crippen LogP contribution in [-0.2, 0) is 0 Å². The molecule has 26 heavy (non-hydrogen) atoms. The van der Waals surface area contributed by atoms with Gasteiger partial charge >= 0.3 is 0 Å². The molecule has 1 N–H and O–H groups in total. The number of rotatable bonds is 2. The standard InChI is InChI=1S/C25H40O/c1-5-6-7-17(2)21-10-11-22-20-9-8-18-16-19(26)12-14-24(18,3)23(20)13-15-25(21,22)4/h17-23,26H,7-16H2,1-4H3/t17-,18-,19+,20+,21-,22+,23+,24+,25-/m1/s1. The van der Waals surface area contributed by atoms with Gasteiger partial charge in [0.2, 0.25) is 0 Å². The fourth-order valence-electron chi connectivity index (χ4n) is 8.62. The predicted molar refractivity (Wildman–Crippen MR) is 108 cm³/mol. The Bertz CT molecular complexity index is 585. The molecular formula is C25H40O. The van der Waals surface area contributed by atoms with Crippen molar-refractivity contribution < 1.29 is 5.11 Å². The molecule has 0 saturated heterocycles. The van der Waals surface area contributed by atoms with E-state index >= 15 is 0 Å². The van der Waals surface area contributed by atoms with Crippen LogP contribution in [-0.4, -0.2) is 11.2 Å². The minimum absolute atomic E-state index is 0.0186. The highest BCUT2D eigenvalue weighted by molar-refractivity contribution is 5.10. The van der Waals surface area contributed by atoms with Crippen molar-refractivity contribution in [2.45, 2.75) is 98.0 Å². The molecule has 0 aromatic heterocycles. The second-order valence-electron chi connectivity index (χ2n) is 10.9. The molecule has 0 bridgehead atoms. The van der Waals surface area contributed by atoms with Gasteiger partial charge in [0.25, 0.3) is 0 Å². The second kappa shape index (κ2) is 6.84. The van der Waals surface area contributed by atoms with Crippen molar-refractivity contribution in [1.82, 2.24) is 0 Å². The van der Waals surface area contributed by atoms with Crippen LogP contribution < -0.4 is 0 Å². The fraction of sp³-hybridized carbons (Fsp3) is 0.920. The third-order valence-corrected chi connectivity index (χ3v) is 10.00. The normalized spacial score (nSPS) is 51.4. The van der Waals surface area contributed by atoms with Crippen LogP contribution in [0.4, 0.5) is 0 Å². The van der Waals surface area contributed by atoms with Gasteiger partial charge in [-0.15, -0.1) is 11.8 Å². The van der Waals surface area contributed by atoms with E-state index in [1.165, 1.54) is 44.9 Å². The molecule has 0 amide bonds. The van der Waals surface area contributed by atoms with Crippen molar-refractivity contribution in [3.63, 3.8) is 0 Å². The Hall–Kier alpha value is -0.480. The summed E-state index contributed by atoms with van der Waals surface area (Å²) in [4.78, 5) is 0. The minimum Gasteiger partial charge on any atom is -0.393 e. The molecule has 4 fully saturated rings. The van der Waals surface area contributed by atoms with Crippen molar-refractivity contribution >= 4 is 0 Å². The molecule has 0 aliphatic heterocycles. The van der Waals surface area contributed by atoms with Gasteiger partial charge in [-0.1, -0.05) is 20.8 Å². The first kappa shape index (κ1) is 18.9. The van der Waals surface area contributed by atoms with E-state index in [-0.39, 0.29) is 6.10 Å². The Morgan fingerprint density at radius 3 is 2.46 bits per heavy atom. The van der Waals surface area contributed by atoms with Crippen LogP contribution in [0.5, 0.6) is 0 Å². The first-order valence-electron chi connectivity index (χ1n) is 11.5. The topological polar surface area (TPSA) is 20.2 Å². The Labute approximate surface area is 161 Å². The summed E-state index contributed by atoms with van der Waals surface area (Å²) < 4.78 is 0. The third kappa shape index (κ3) is 2.78. The van der Waals surface area contributed by atoms with Crippen molar-refractivity contribution in [1.29, 1.82) is 0 Å². The lowest BCUT2D eigenvalue weighted by molar-refractivity contribution is -0.129. The van der Waals surface area contributed by atoms with Crippen molar-refractivity contribution in [2.24, 2.45) is 46.3 Å². The average molecular weight is 357 g/mol. The molecular weight excluding hydrogens is 316 g/mol. The second-order valence-corrected chi connectivity index (χ2v) is 10.9. The van der Waals surface area contributed by atoms with E-state index in [0.29, 0.717) is 10.8 Å².